The van der Waals surface area contributed by atoms with E-state index in [0.717, 1.165) is 36.1 Å². The standard InChI is InChI=1S/C13H14ClN3/c14-11-6-4-10(5-7-11)9-13-16-15-12-3-1-2-8-17(12)13/h4-7H,1-3,8-9H2. The van der Waals surface area contributed by atoms with Gasteiger partial charge in [0, 0.05) is 24.4 Å². The molecule has 0 saturated carbocycles. The van der Waals surface area contributed by atoms with Gasteiger partial charge in [0.1, 0.15) is 11.6 Å². The first kappa shape index (κ1) is 10.8. The lowest BCUT2D eigenvalue weighted by Crippen LogP contribution is -2.13. The minimum absolute atomic E-state index is 0.775. The van der Waals surface area contributed by atoms with E-state index in [4.69, 9.17) is 11.6 Å². The van der Waals surface area contributed by atoms with Crippen molar-refractivity contribution in [3.05, 3.63) is 46.5 Å². The maximum Gasteiger partial charge on any atom is 0.137 e. The highest BCUT2D eigenvalue weighted by molar-refractivity contribution is 6.30. The Morgan fingerprint density at radius 1 is 1.12 bits per heavy atom. The lowest BCUT2D eigenvalue weighted by atomic mass is 10.1. The number of aromatic nitrogens is 3. The Kier molecular flexibility index (Phi) is 2.85. The van der Waals surface area contributed by atoms with Crippen LogP contribution in [0.25, 0.3) is 0 Å². The van der Waals surface area contributed by atoms with Crippen LogP contribution >= 0.6 is 11.6 Å². The van der Waals surface area contributed by atoms with Gasteiger partial charge in [-0.1, -0.05) is 23.7 Å². The fraction of sp³-hybridized carbons (Fsp3) is 0.385. The molecule has 0 atom stereocenters. The fourth-order valence-corrected chi connectivity index (χ4v) is 2.41. The molecular formula is C13H14ClN3. The zero-order valence-electron chi connectivity index (χ0n) is 9.56. The molecule has 0 bridgehead atoms. The van der Waals surface area contributed by atoms with Crippen molar-refractivity contribution in [1.29, 1.82) is 0 Å². The molecule has 0 radical (unpaired) electrons. The Labute approximate surface area is 105 Å². The van der Waals surface area contributed by atoms with Gasteiger partial charge in [-0.3, -0.25) is 0 Å². The molecule has 0 saturated heterocycles. The van der Waals surface area contributed by atoms with Crippen molar-refractivity contribution in [2.24, 2.45) is 0 Å². The Bertz CT molecular complexity index is 516. The molecular weight excluding hydrogens is 234 g/mol. The molecule has 0 fully saturated rings. The predicted octanol–water partition coefficient (Wildman–Crippen LogP) is 2.86. The molecule has 1 aliphatic rings. The average molecular weight is 248 g/mol. The summed E-state index contributed by atoms with van der Waals surface area (Å²) in [6, 6.07) is 7.94. The van der Waals surface area contributed by atoms with Gasteiger partial charge in [0.15, 0.2) is 0 Å². The van der Waals surface area contributed by atoms with Gasteiger partial charge >= 0.3 is 0 Å². The van der Waals surface area contributed by atoms with Crippen molar-refractivity contribution in [2.75, 3.05) is 0 Å². The molecule has 4 heteroatoms. The number of halogens is 1. The third kappa shape index (κ3) is 2.20. The molecule has 2 aromatic rings. The summed E-state index contributed by atoms with van der Waals surface area (Å²) in [7, 11) is 0. The average Bonchev–Trinajstić information content (AvgIpc) is 2.76. The number of benzene rings is 1. The first-order valence-corrected chi connectivity index (χ1v) is 6.36. The highest BCUT2D eigenvalue weighted by Gasteiger charge is 2.15. The van der Waals surface area contributed by atoms with Gasteiger partial charge in [-0.05, 0) is 30.5 Å². The molecule has 3 nitrogen and oxygen atoms in total. The summed E-state index contributed by atoms with van der Waals surface area (Å²) < 4.78 is 2.26. The highest BCUT2D eigenvalue weighted by Crippen LogP contribution is 2.17. The SMILES string of the molecule is Clc1ccc(Cc2nnc3n2CCCC3)cc1. The number of fused-ring (bicyclic) bond motifs is 1. The van der Waals surface area contributed by atoms with Gasteiger partial charge in [0.25, 0.3) is 0 Å². The smallest absolute Gasteiger partial charge is 0.137 e. The summed E-state index contributed by atoms with van der Waals surface area (Å²) in [6.45, 7) is 1.06. The van der Waals surface area contributed by atoms with E-state index in [9.17, 15) is 0 Å². The molecule has 1 aromatic heterocycles. The Morgan fingerprint density at radius 2 is 1.94 bits per heavy atom. The fourth-order valence-electron chi connectivity index (χ4n) is 2.28. The van der Waals surface area contributed by atoms with Gasteiger partial charge < -0.3 is 4.57 Å². The molecule has 3 rings (SSSR count). The van der Waals surface area contributed by atoms with Crippen LogP contribution in [-0.2, 0) is 19.4 Å². The lowest BCUT2D eigenvalue weighted by Gasteiger charge is -2.14. The van der Waals surface area contributed by atoms with Crippen molar-refractivity contribution >= 4 is 11.6 Å². The van der Waals surface area contributed by atoms with Crippen LogP contribution in [-0.4, -0.2) is 14.8 Å². The van der Waals surface area contributed by atoms with Crippen LogP contribution in [0.1, 0.15) is 30.1 Å². The maximum atomic E-state index is 5.88. The molecule has 17 heavy (non-hydrogen) atoms. The molecule has 1 aliphatic heterocycles. The van der Waals surface area contributed by atoms with E-state index in [1.54, 1.807) is 0 Å². The van der Waals surface area contributed by atoms with Crippen LogP contribution in [0.5, 0.6) is 0 Å². The normalized spacial score (nSPS) is 14.6. The second-order valence-electron chi connectivity index (χ2n) is 4.44. The van der Waals surface area contributed by atoms with Crippen LogP contribution in [0.2, 0.25) is 5.02 Å². The van der Waals surface area contributed by atoms with Crippen molar-refractivity contribution in [3.8, 4) is 0 Å². The Morgan fingerprint density at radius 3 is 2.76 bits per heavy atom. The zero-order chi connectivity index (χ0) is 11.7. The number of hydrogen-bond donors (Lipinski definition) is 0. The van der Waals surface area contributed by atoms with E-state index >= 15 is 0 Å². The van der Waals surface area contributed by atoms with Crippen molar-refractivity contribution in [3.63, 3.8) is 0 Å². The lowest BCUT2D eigenvalue weighted by molar-refractivity contribution is 0.510. The highest BCUT2D eigenvalue weighted by atomic mass is 35.5. The molecule has 0 amide bonds. The third-order valence-electron chi connectivity index (χ3n) is 3.21. The third-order valence-corrected chi connectivity index (χ3v) is 3.46. The van der Waals surface area contributed by atoms with Crippen molar-refractivity contribution in [2.45, 2.75) is 32.2 Å². The van der Waals surface area contributed by atoms with Crippen LogP contribution in [0.4, 0.5) is 0 Å². The largest absolute Gasteiger partial charge is 0.315 e. The van der Waals surface area contributed by atoms with Crippen molar-refractivity contribution < 1.29 is 0 Å². The van der Waals surface area contributed by atoms with Gasteiger partial charge in [-0.15, -0.1) is 10.2 Å². The van der Waals surface area contributed by atoms with E-state index in [2.05, 4.69) is 14.8 Å². The summed E-state index contributed by atoms with van der Waals surface area (Å²) in [5.41, 5.74) is 1.23. The first-order chi connectivity index (χ1) is 8.33. The predicted molar refractivity (Wildman–Crippen MR) is 67.2 cm³/mol. The van der Waals surface area contributed by atoms with Crippen LogP contribution in [0, 0.1) is 0 Å². The summed E-state index contributed by atoms with van der Waals surface area (Å²) in [4.78, 5) is 0. The summed E-state index contributed by atoms with van der Waals surface area (Å²) >= 11 is 5.88. The van der Waals surface area contributed by atoms with Gasteiger partial charge in [-0.25, -0.2) is 0 Å². The Hall–Kier alpha value is -1.35. The van der Waals surface area contributed by atoms with E-state index < -0.39 is 0 Å². The molecule has 88 valence electrons. The molecule has 0 aliphatic carbocycles. The minimum atomic E-state index is 0.775. The van der Waals surface area contributed by atoms with Gasteiger partial charge in [0.05, 0.1) is 0 Å². The molecule has 0 spiro atoms. The van der Waals surface area contributed by atoms with Crippen LogP contribution < -0.4 is 0 Å². The van der Waals surface area contributed by atoms with E-state index in [1.807, 2.05) is 24.3 Å². The van der Waals surface area contributed by atoms with Crippen LogP contribution in [0.3, 0.4) is 0 Å². The monoisotopic (exact) mass is 247 g/mol. The summed E-state index contributed by atoms with van der Waals surface area (Å²) in [6.07, 6.45) is 4.37. The summed E-state index contributed by atoms with van der Waals surface area (Å²) in [5.74, 6) is 2.21. The number of hydrogen-bond acceptors (Lipinski definition) is 2. The second kappa shape index (κ2) is 4.49. The van der Waals surface area contributed by atoms with E-state index in [1.165, 1.54) is 18.4 Å². The van der Waals surface area contributed by atoms with Gasteiger partial charge in [-0.2, -0.15) is 0 Å². The maximum absolute atomic E-state index is 5.88. The number of nitrogens with zero attached hydrogens (tertiary/aromatic N) is 3. The number of aryl methyl sites for hydroxylation is 1. The second-order valence-corrected chi connectivity index (χ2v) is 4.88. The summed E-state index contributed by atoms with van der Waals surface area (Å²) in [5, 5.41) is 9.33. The van der Waals surface area contributed by atoms with Gasteiger partial charge in [0.2, 0.25) is 0 Å². The molecule has 0 N–H and O–H groups in total. The van der Waals surface area contributed by atoms with E-state index in [-0.39, 0.29) is 0 Å². The first-order valence-electron chi connectivity index (χ1n) is 5.98. The number of rotatable bonds is 2. The van der Waals surface area contributed by atoms with Crippen LogP contribution in [0.15, 0.2) is 24.3 Å². The molecule has 2 heterocycles. The zero-order valence-corrected chi connectivity index (χ0v) is 10.3. The quantitative estimate of drug-likeness (QED) is 0.817. The van der Waals surface area contributed by atoms with Crippen molar-refractivity contribution in [1.82, 2.24) is 14.8 Å². The molecule has 1 aromatic carbocycles. The Balaban J connectivity index is 1.85. The topological polar surface area (TPSA) is 30.7 Å². The molecule has 0 unspecified atom stereocenters. The van der Waals surface area contributed by atoms with E-state index in [0.29, 0.717) is 0 Å². The minimum Gasteiger partial charge on any atom is -0.315 e.